The molecule has 0 aromatic carbocycles. The largest absolute Gasteiger partial charge is 2.00 e. The molecule has 0 amide bonds. The first-order chi connectivity index (χ1) is 7.91. The predicted octanol–water partition coefficient (Wildman–Crippen LogP) is -6.80. The van der Waals surface area contributed by atoms with Crippen LogP contribution in [0, 0.1) is 0 Å². The Kier molecular flexibility index (Phi) is 13.5. The van der Waals surface area contributed by atoms with E-state index in [0.717, 1.165) is 0 Å². The number of aliphatic hydroxyl groups is 5. The summed E-state index contributed by atoms with van der Waals surface area (Å²) < 4.78 is 26.6. The number of carbonyl (C=O) groups is 1. The van der Waals surface area contributed by atoms with Gasteiger partial charge in [0.25, 0.3) is 0 Å². The Morgan fingerprint density at radius 3 is 1.68 bits per heavy atom. The third-order valence-corrected chi connectivity index (χ3v) is 1.50. The second-order valence-electron chi connectivity index (χ2n) is 2.99. The van der Waals surface area contributed by atoms with Crippen LogP contribution in [0.3, 0.4) is 0 Å². The van der Waals surface area contributed by atoms with Gasteiger partial charge in [-0.1, -0.05) is 0 Å². The van der Waals surface area contributed by atoms with Crippen molar-refractivity contribution in [2.24, 2.45) is 5.14 Å². The van der Waals surface area contributed by atoms with Gasteiger partial charge in [-0.3, -0.25) is 0 Å². The average molecular weight is 410 g/mol. The van der Waals surface area contributed by atoms with E-state index in [1.807, 2.05) is 0 Å². The SMILES string of the molecule is NS(=O)(=O)[O-].O=C([O-])[C@H](O)[C@@H](O)[C@H](O)[C@H](O)CO.[Sn+2]. The van der Waals surface area contributed by atoms with Crippen molar-refractivity contribution < 1.29 is 48.4 Å². The molecule has 0 aromatic heterocycles. The summed E-state index contributed by atoms with van der Waals surface area (Å²) in [6.45, 7) is -0.863. The molecule has 0 unspecified atom stereocenters. The van der Waals surface area contributed by atoms with Crippen LogP contribution in [0.5, 0.6) is 0 Å². The number of aliphatic carboxylic acids is 1. The summed E-state index contributed by atoms with van der Waals surface area (Å²) in [7, 11) is -4.42. The Morgan fingerprint density at radius 2 is 1.47 bits per heavy atom. The summed E-state index contributed by atoms with van der Waals surface area (Å²) in [6.07, 6.45) is -8.08. The number of nitrogens with two attached hydrogens (primary N) is 1. The molecule has 13 heteroatoms. The average Bonchev–Trinajstić information content (AvgIpc) is 2.22. The third-order valence-electron chi connectivity index (χ3n) is 1.50. The Bertz CT molecular complexity index is 340. The number of aliphatic hydroxyl groups excluding tert-OH is 5. The van der Waals surface area contributed by atoms with Crippen LogP contribution in [-0.4, -0.2) is 99.4 Å². The fourth-order valence-electron chi connectivity index (χ4n) is 0.662. The number of carboxylic acids is 1. The molecule has 7 N–H and O–H groups in total. The van der Waals surface area contributed by atoms with Gasteiger partial charge in [-0.25, -0.2) is 13.6 Å². The van der Waals surface area contributed by atoms with Gasteiger partial charge in [0.15, 0.2) is 10.3 Å². The van der Waals surface area contributed by atoms with E-state index in [0.29, 0.717) is 0 Å². The molecule has 4 atom stereocenters. The Hall–Kier alpha value is -0.0613. The normalized spacial score (nSPS) is 17.0. The van der Waals surface area contributed by atoms with Gasteiger partial charge in [-0.15, -0.1) is 0 Å². The van der Waals surface area contributed by atoms with Crippen LogP contribution in [-0.2, 0) is 15.1 Å². The minimum absolute atomic E-state index is 0. The second-order valence-corrected chi connectivity index (χ2v) is 3.97. The predicted molar refractivity (Wildman–Crippen MR) is 55.8 cm³/mol. The quantitative estimate of drug-likeness (QED) is 0.186. The monoisotopic (exact) mass is 411 g/mol. The summed E-state index contributed by atoms with van der Waals surface area (Å²) in [6, 6.07) is 0. The van der Waals surface area contributed by atoms with Crippen LogP contribution >= 0.6 is 0 Å². The van der Waals surface area contributed by atoms with Crippen molar-refractivity contribution in [1.82, 2.24) is 0 Å². The van der Waals surface area contributed by atoms with E-state index < -0.39 is 47.3 Å². The maximum Gasteiger partial charge on any atom is 2.00 e. The van der Waals surface area contributed by atoms with Crippen molar-refractivity contribution in [3.63, 3.8) is 0 Å². The van der Waals surface area contributed by atoms with Crippen molar-refractivity contribution in [2.45, 2.75) is 24.4 Å². The van der Waals surface area contributed by atoms with Crippen LogP contribution in [0.15, 0.2) is 0 Å². The zero-order valence-corrected chi connectivity index (χ0v) is 13.0. The van der Waals surface area contributed by atoms with Crippen molar-refractivity contribution in [3.05, 3.63) is 0 Å². The molecule has 0 heterocycles. The molecule has 19 heavy (non-hydrogen) atoms. The zero-order valence-electron chi connectivity index (χ0n) is 9.28. The third kappa shape index (κ3) is 14.2. The van der Waals surface area contributed by atoms with Gasteiger partial charge in [0.05, 0.1) is 12.6 Å². The second kappa shape index (κ2) is 10.7. The van der Waals surface area contributed by atoms with Gasteiger partial charge in [-0.05, 0) is 0 Å². The summed E-state index contributed by atoms with van der Waals surface area (Å²) in [5, 5.41) is 57.2. The van der Waals surface area contributed by atoms with Gasteiger partial charge in [0.2, 0.25) is 0 Å². The van der Waals surface area contributed by atoms with Crippen molar-refractivity contribution in [3.8, 4) is 0 Å². The van der Waals surface area contributed by atoms with Gasteiger partial charge < -0.3 is 40.0 Å². The first kappa shape index (κ1) is 24.0. The van der Waals surface area contributed by atoms with Crippen molar-refractivity contribution in [1.29, 1.82) is 0 Å². The number of rotatable bonds is 5. The Labute approximate surface area is 125 Å². The fraction of sp³-hybridized carbons (Fsp3) is 0.833. The number of carbonyl (C=O) groups excluding carboxylic acids is 1. The van der Waals surface area contributed by atoms with Crippen molar-refractivity contribution in [2.75, 3.05) is 6.61 Å². The molecule has 0 aromatic rings. The van der Waals surface area contributed by atoms with E-state index in [9.17, 15) is 9.90 Å². The summed E-state index contributed by atoms with van der Waals surface area (Å²) in [4.78, 5) is 9.98. The molecule has 0 saturated heterocycles. The summed E-state index contributed by atoms with van der Waals surface area (Å²) >= 11 is 0. The number of hydrogen-bond acceptors (Lipinski definition) is 10. The summed E-state index contributed by atoms with van der Waals surface area (Å²) in [5.41, 5.74) is 0. The molecular formula is C6H13NO10SSn. The molecule has 11 nitrogen and oxygen atoms in total. The maximum atomic E-state index is 9.98. The first-order valence-corrected chi connectivity index (χ1v) is 5.66. The van der Waals surface area contributed by atoms with Crippen LogP contribution in [0.25, 0.3) is 0 Å². The van der Waals surface area contributed by atoms with Crippen molar-refractivity contribution >= 4 is 40.2 Å². The van der Waals surface area contributed by atoms with Gasteiger partial charge >= 0.3 is 23.9 Å². The molecule has 112 valence electrons. The minimum Gasteiger partial charge on any atom is -0.736 e. The Morgan fingerprint density at radius 1 is 1.16 bits per heavy atom. The van der Waals surface area contributed by atoms with Gasteiger partial charge in [0, 0.05) is 0 Å². The molecule has 0 aliphatic carbocycles. The van der Waals surface area contributed by atoms with Crippen LogP contribution < -0.4 is 10.2 Å². The first-order valence-electron chi connectivity index (χ1n) is 4.19. The molecule has 0 saturated carbocycles. The van der Waals surface area contributed by atoms with E-state index in [1.54, 1.807) is 0 Å². The van der Waals surface area contributed by atoms with E-state index in [4.69, 9.17) is 38.5 Å². The van der Waals surface area contributed by atoms with E-state index in [1.165, 1.54) is 0 Å². The Balaban J connectivity index is -0.000000366. The van der Waals surface area contributed by atoms with E-state index >= 15 is 0 Å². The standard InChI is InChI=1S/C6H12O7.H3NO3S.Sn/c7-1-2(8)3(9)4(10)5(11)6(12)13;1-5(2,3)4;/h2-5,7-11H,1H2,(H,12,13);(H3,1,2,3,4);/q;;+2/p-2/t2-,3-,4+,5-;;/m1../s1. The zero-order chi connectivity index (χ0) is 15.1. The summed E-state index contributed by atoms with van der Waals surface area (Å²) in [5.74, 6) is -1.98. The molecule has 0 spiro atoms. The smallest absolute Gasteiger partial charge is 0.736 e. The van der Waals surface area contributed by atoms with Gasteiger partial charge in [0.1, 0.15) is 24.4 Å². The topological polar surface area (TPSA) is 224 Å². The van der Waals surface area contributed by atoms with E-state index in [2.05, 4.69) is 5.14 Å². The maximum absolute atomic E-state index is 9.98. The number of carboxylic acid groups (broad SMARTS) is 1. The van der Waals surface area contributed by atoms with Gasteiger partial charge in [-0.2, -0.15) is 0 Å². The van der Waals surface area contributed by atoms with Crippen LogP contribution in [0.1, 0.15) is 0 Å². The number of hydrogen-bond donors (Lipinski definition) is 6. The minimum atomic E-state index is -4.42. The fourth-order valence-corrected chi connectivity index (χ4v) is 0.662. The molecule has 0 aliphatic heterocycles. The molecule has 0 bridgehead atoms. The van der Waals surface area contributed by atoms with E-state index in [-0.39, 0.29) is 23.9 Å². The van der Waals surface area contributed by atoms with Crippen LogP contribution in [0.2, 0.25) is 0 Å². The van der Waals surface area contributed by atoms with Crippen LogP contribution in [0.4, 0.5) is 0 Å². The molecule has 2 radical (unpaired) electrons. The molecule has 0 fully saturated rings. The molecular weight excluding hydrogens is 397 g/mol. The molecule has 0 rings (SSSR count). The molecule has 0 aliphatic rings.